The molecule has 1 aromatic heterocycles. The molecule has 1 heterocycles. The maximum atomic E-state index is 12.1. The normalized spacial score (nSPS) is 22.2. The van der Waals surface area contributed by atoms with E-state index in [0.717, 1.165) is 48.1 Å². The number of methoxy groups -OCH3 is 1. The Hall–Kier alpha value is -3.33. The molecule has 0 atom stereocenters. The molecule has 4 rings (SSSR count). The fourth-order valence-electron chi connectivity index (χ4n) is 4.68. The van der Waals surface area contributed by atoms with Crippen LogP contribution in [0.1, 0.15) is 50.7 Å². The van der Waals surface area contributed by atoms with Gasteiger partial charge in [-0.25, -0.2) is 14.8 Å². The molecule has 0 saturated heterocycles. The van der Waals surface area contributed by atoms with E-state index in [-0.39, 0.29) is 18.7 Å². The van der Waals surface area contributed by atoms with Crippen molar-refractivity contribution in [2.75, 3.05) is 19.4 Å². The molecule has 0 bridgehead atoms. The number of rotatable bonds is 5. The number of hydrogen-bond donors (Lipinski definition) is 2. The molecule has 1 fully saturated rings. The fraction of sp³-hybridized carbons (Fsp3) is 0.458. The minimum absolute atomic E-state index is 0.103. The molecular formula is C24H29N5O4. The third kappa shape index (κ3) is 4.32. The molecule has 0 spiro atoms. The van der Waals surface area contributed by atoms with Crippen LogP contribution in [0.15, 0.2) is 29.5 Å². The van der Waals surface area contributed by atoms with Gasteiger partial charge in [-0.1, -0.05) is 0 Å². The number of carbonyl (C=O) groups excluding carboxylic acids is 2. The van der Waals surface area contributed by atoms with Crippen LogP contribution in [0.5, 0.6) is 5.75 Å². The lowest BCUT2D eigenvalue weighted by atomic mass is 9.70. The summed E-state index contributed by atoms with van der Waals surface area (Å²) < 4.78 is 10.8. The van der Waals surface area contributed by atoms with Gasteiger partial charge in [-0.3, -0.25) is 9.79 Å². The van der Waals surface area contributed by atoms with Crippen LogP contribution in [0.25, 0.3) is 11.3 Å². The number of nitrogen functional groups attached to an aromatic ring is 1. The van der Waals surface area contributed by atoms with Gasteiger partial charge in [0.1, 0.15) is 24.4 Å². The van der Waals surface area contributed by atoms with E-state index >= 15 is 0 Å². The molecule has 2 aliphatic carbocycles. The molecule has 0 radical (unpaired) electrons. The van der Waals surface area contributed by atoms with Gasteiger partial charge in [-0.15, -0.1) is 0 Å². The molecule has 1 aromatic carbocycles. The Morgan fingerprint density at radius 1 is 1.15 bits per heavy atom. The Balaban J connectivity index is 1.78. The quantitative estimate of drug-likeness (QED) is 0.520. The SMILES string of the molecule is COC(=O)C(=O)C/N=C1\c2cc(OC3CCC(N)CC3)ccc2-c2ncnc(N)c2C1(C)C. The van der Waals surface area contributed by atoms with Crippen molar-refractivity contribution in [1.29, 1.82) is 0 Å². The van der Waals surface area contributed by atoms with Gasteiger partial charge < -0.3 is 20.9 Å². The molecule has 0 aliphatic heterocycles. The number of nitrogens with two attached hydrogens (primary N) is 2. The van der Waals surface area contributed by atoms with Gasteiger partial charge in [0.05, 0.1) is 24.6 Å². The number of anilines is 1. The van der Waals surface area contributed by atoms with Crippen LogP contribution in [0, 0.1) is 0 Å². The van der Waals surface area contributed by atoms with E-state index < -0.39 is 17.2 Å². The van der Waals surface area contributed by atoms with Crippen LogP contribution >= 0.6 is 0 Å². The van der Waals surface area contributed by atoms with E-state index in [4.69, 9.17) is 16.2 Å². The lowest BCUT2D eigenvalue weighted by Crippen LogP contribution is -2.37. The number of nitrogens with zero attached hydrogens (tertiary/aromatic N) is 3. The van der Waals surface area contributed by atoms with Crippen molar-refractivity contribution in [2.45, 2.75) is 57.1 Å². The maximum absolute atomic E-state index is 12.1. The fourth-order valence-corrected chi connectivity index (χ4v) is 4.68. The van der Waals surface area contributed by atoms with Crippen molar-refractivity contribution in [3.8, 4) is 17.0 Å². The molecule has 2 aromatic rings. The first-order valence-corrected chi connectivity index (χ1v) is 11.1. The zero-order valence-electron chi connectivity index (χ0n) is 19.1. The summed E-state index contributed by atoms with van der Waals surface area (Å²) in [5.74, 6) is -0.593. The number of aliphatic imine (C=N–C) groups is 1. The lowest BCUT2D eigenvalue weighted by molar-refractivity contribution is -0.150. The van der Waals surface area contributed by atoms with Crippen molar-refractivity contribution in [2.24, 2.45) is 10.7 Å². The zero-order chi connectivity index (χ0) is 23.8. The summed E-state index contributed by atoms with van der Waals surface area (Å²) in [6, 6.07) is 6.00. The van der Waals surface area contributed by atoms with E-state index in [1.54, 1.807) is 0 Å². The van der Waals surface area contributed by atoms with E-state index in [1.807, 2.05) is 32.0 Å². The first-order chi connectivity index (χ1) is 15.7. The molecule has 9 heteroatoms. The van der Waals surface area contributed by atoms with Crippen LogP contribution in [-0.4, -0.2) is 53.2 Å². The molecule has 2 aliphatic rings. The Kier molecular flexibility index (Phi) is 6.16. The average Bonchev–Trinajstić information content (AvgIpc) is 2.79. The first kappa shape index (κ1) is 22.8. The molecule has 33 heavy (non-hydrogen) atoms. The number of carbonyl (C=O) groups is 2. The second-order valence-electron chi connectivity index (χ2n) is 9.05. The van der Waals surface area contributed by atoms with Crippen LogP contribution in [0.2, 0.25) is 0 Å². The highest BCUT2D eigenvalue weighted by atomic mass is 16.5. The van der Waals surface area contributed by atoms with Crippen molar-refractivity contribution in [3.63, 3.8) is 0 Å². The van der Waals surface area contributed by atoms with Gasteiger partial charge in [-0.2, -0.15) is 0 Å². The second-order valence-corrected chi connectivity index (χ2v) is 9.05. The monoisotopic (exact) mass is 451 g/mol. The van der Waals surface area contributed by atoms with Gasteiger partial charge in [0.2, 0.25) is 0 Å². The predicted octanol–water partition coefficient (Wildman–Crippen LogP) is 2.20. The molecule has 0 amide bonds. The lowest BCUT2D eigenvalue weighted by Gasteiger charge is -2.35. The van der Waals surface area contributed by atoms with Gasteiger partial charge >= 0.3 is 5.97 Å². The number of esters is 1. The number of ketones is 1. The Bertz CT molecular complexity index is 1120. The van der Waals surface area contributed by atoms with Crippen LogP contribution < -0.4 is 16.2 Å². The van der Waals surface area contributed by atoms with Crippen molar-refractivity contribution >= 4 is 23.3 Å². The molecule has 1 saturated carbocycles. The molecule has 174 valence electrons. The van der Waals surface area contributed by atoms with E-state index in [1.165, 1.54) is 13.4 Å². The summed E-state index contributed by atoms with van der Waals surface area (Å²) >= 11 is 0. The van der Waals surface area contributed by atoms with Crippen molar-refractivity contribution < 1.29 is 19.1 Å². The summed E-state index contributed by atoms with van der Waals surface area (Å²) in [5, 5.41) is 0. The largest absolute Gasteiger partial charge is 0.490 e. The number of fused-ring (bicyclic) bond motifs is 3. The highest BCUT2D eigenvalue weighted by molar-refractivity contribution is 6.34. The first-order valence-electron chi connectivity index (χ1n) is 11.1. The molecule has 9 nitrogen and oxygen atoms in total. The van der Waals surface area contributed by atoms with Crippen LogP contribution in [0.4, 0.5) is 5.82 Å². The van der Waals surface area contributed by atoms with Gasteiger partial charge in [0.25, 0.3) is 5.78 Å². The number of hydrogen-bond acceptors (Lipinski definition) is 9. The highest BCUT2D eigenvalue weighted by Crippen LogP contribution is 2.45. The van der Waals surface area contributed by atoms with E-state index in [9.17, 15) is 9.59 Å². The maximum Gasteiger partial charge on any atom is 0.376 e. The third-order valence-corrected chi connectivity index (χ3v) is 6.41. The predicted molar refractivity (Wildman–Crippen MR) is 124 cm³/mol. The Labute approximate surface area is 192 Å². The number of benzene rings is 1. The van der Waals surface area contributed by atoms with Crippen molar-refractivity contribution in [3.05, 3.63) is 35.7 Å². The summed E-state index contributed by atoms with van der Waals surface area (Å²) in [7, 11) is 1.17. The number of Topliss-reactive ketones (excluding diaryl/α,β-unsaturated/α-hetero) is 1. The number of aromatic nitrogens is 2. The van der Waals surface area contributed by atoms with Crippen LogP contribution in [-0.2, 0) is 19.7 Å². The van der Waals surface area contributed by atoms with Gasteiger partial charge in [-0.05, 0) is 57.7 Å². The summed E-state index contributed by atoms with van der Waals surface area (Å²) in [4.78, 5) is 37.0. The summed E-state index contributed by atoms with van der Waals surface area (Å²) in [5.41, 5.74) is 15.2. The Morgan fingerprint density at radius 2 is 1.88 bits per heavy atom. The molecule has 4 N–H and O–H groups in total. The summed E-state index contributed by atoms with van der Waals surface area (Å²) in [6.45, 7) is 3.57. The Morgan fingerprint density at radius 3 is 2.58 bits per heavy atom. The van der Waals surface area contributed by atoms with Gasteiger partial charge in [0.15, 0.2) is 0 Å². The second kappa shape index (κ2) is 8.90. The zero-order valence-corrected chi connectivity index (χ0v) is 19.1. The third-order valence-electron chi connectivity index (χ3n) is 6.41. The van der Waals surface area contributed by atoms with Crippen molar-refractivity contribution in [1.82, 2.24) is 9.97 Å². The molecular weight excluding hydrogens is 422 g/mol. The van der Waals surface area contributed by atoms with E-state index in [0.29, 0.717) is 17.3 Å². The van der Waals surface area contributed by atoms with Gasteiger partial charge in [0, 0.05) is 28.1 Å². The van der Waals surface area contributed by atoms with Crippen LogP contribution in [0.3, 0.4) is 0 Å². The minimum atomic E-state index is -0.927. The minimum Gasteiger partial charge on any atom is -0.490 e. The molecule has 0 unspecified atom stereocenters. The van der Waals surface area contributed by atoms with E-state index in [2.05, 4.69) is 19.7 Å². The standard InChI is InChI=1S/C24H29N5O4/c1-24(2)19-20(28-12-29-22(19)26)16-9-8-15(33-14-6-4-13(25)5-7-14)10-17(16)21(24)27-11-18(30)23(31)32-3/h8-10,12-14H,4-7,11,25H2,1-3H3,(H2,26,28,29)/b27-21+. The number of ether oxygens (including phenoxy) is 2. The topological polar surface area (TPSA) is 143 Å². The highest BCUT2D eigenvalue weighted by Gasteiger charge is 2.40. The summed E-state index contributed by atoms with van der Waals surface area (Å²) in [6.07, 6.45) is 5.23. The average molecular weight is 452 g/mol. The smallest absolute Gasteiger partial charge is 0.376 e.